The van der Waals surface area contributed by atoms with E-state index in [2.05, 4.69) is 9.88 Å². The third kappa shape index (κ3) is 3.84. The second-order valence-corrected chi connectivity index (χ2v) is 4.65. The molecule has 1 aromatic carbocycles. The van der Waals surface area contributed by atoms with E-state index in [1.165, 1.54) is 6.07 Å². The number of halogens is 1. The van der Waals surface area contributed by atoms with E-state index in [0.29, 0.717) is 13.1 Å². The van der Waals surface area contributed by atoms with Crippen molar-refractivity contribution in [1.82, 2.24) is 9.88 Å². The molecule has 0 aliphatic carbocycles. The van der Waals surface area contributed by atoms with E-state index in [-0.39, 0.29) is 5.82 Å². The van der Waals surface area contributed by atoms with Crippen LogP contribution in [0.15, 0.2) is 42.7 Å². The molecule has 100 valence electrons. The number of hydrogen-bond donors (Lipinski definition) is 1. The first-order valence-corrected chi connectivity index (χ1v) is 6.24. The summed E-state index contributed by atoms with van der Waals surface area (Å²) in [6.07, 6.45) is 3.59. The molecule has 0 amide bonds. The molecule has 0 aliphatic rings. The Morgan fingerprint density at radius 1 is 1.21 bits per heavy atom. The first-order chi connectivity index (χ1) is 9.19. The average molecular weight is 259 g/mol. The topological polar surface area (TPSA) is 42.2 Å². The Labute approximate surface area is 112 Å². The molecule has 2 rings (SSSR count). The molecular formula is C15H18FN3. The third-order valence-corrected chi connectivity index (χ3v) is 3.00. The standard InChI is InChI=1S/C15H18FN3/c1-19(10-12-3-2-6-18-9-12)11-14-7-15(16)5-4-13(14)8-17/h2-7,9H,8,10-11,17H2,1H3. The van der Waals surface area contributed by atoms with Crippen molar-refractivity contribution >= 4 is 0 Å². The molecule has 1 aromatic heterocycles. The summed E-state index contributed by atoms with van der Waals surface area (Å²) in [5, 5.41) is 0. The number of nitrogens with two attached hydrogens (primary N) is 1. The van der Waals surface area contributed by atoms with Crippen LogP contribution in [-0.4, -0.2) is 16.9 Å². The van der Waals surface area contributed by atoms with Gasteiger partial charge < -0.3 is 5.73 Å². The number of hydrogen-bond acceptors (Lipinski definition) is 3. The molecule has 0 saturated carbocycles. The van der Waals surface area contributed by atoms with Crippen molar-refractivity contribution in [2.75, 3.05) is 7.05 Å². The van der Waals surface area contributed by atoms with Crippen LogP contribution in [0.5, 0.6) is 0 Å². The van der Waals surface area contributed by atoms with Gasteiger partial charge in [0, 0.05) is 32.0 Å². The molecule has 0 aliphatic heterocycles. The van der Waals surface area contributed by atoms with Gasteiger partial charge >= 0.3 is 0 Å². The molecule has 4 heteroatoms. The third-order valence-electron chi connectivity index (χ3n) is 3.00. The monoisotopic (exact) mass is 259 g/mol. The molecule has 2 aromatic rings. The van der Waals surface area contributed by atoms with Crippen LogP contribution in [0.3, 0.4) is 0 Å². The maximum absolute atomic E-state index is 13.3. The van der Waals surface area contributed by atoms with Gasteiger partial charge in [0.15, 0.2) is 0 Å². The van der Waals surface area contributed by atoms with Gasteiger partial charge in [0.1, 0.15) is 5.82 Å². The second-order valence-electron chi connectivity index (χ2n) is 4.65. The van der Waals surface area contributed by atoms with E-state index in [1.54, 1.807) is 18.3 Å². The fourth-order valence-electron chi connectivity index (χ4n) is 2.09. The van der Waals surface area contributed by atoms with Gasteiger partial charge in [0.25, 0.3) is 0 Å². The van der Waals surface area contributed by atoms with Gasteiger partial charge in [-0.2, -0.15) is 0 Å². The molecule has 0 fully saturated rings. The highest BCUT2D eigenvalue weighted by molar-refractivity contribution is 5.27. The van der Waals surface area contributed by atoms with Gasteiger partial charge in [-0.1, -0.05) is 12.1 Å². The average Bonchev–Trinajstić information content (AvgIpc) is 2.40. The first-order valence-electron chi connectivity index (χ1n) is 6.24. The molecule has 0 spiro atoms. The van der Waals surface area contributed by atoms with Gasteiger partial charge in [-0.3, -0.25) is 9.88 Å². The highest BCUT2D eigenvalue weighted by Gasteiger charge is 2.07. The van der Waals surface area contributed by atoms with Crippen LogP contribution in [0, 0.1) is 5.82 Å². The Hall–Kier alpha value is -1.78. The van der Waals surface area contributed by atoms with Gasteiger partial charge in [-0.05, 0) is 41.9 Å². The summed E-state index contributed by atoms with van der Waals surface area (Å²) in [5.74, 6) is -0.220. The highest BCUT2D eigenvalue weighted by Crippen LogP contribution is 2.14. The number of rotatable bonds is 5. The van der Waals surface area contributed by atoms with E-state index in [0.717, 1.165) is 23.2 Å². The Kier molecular flexibility index (Phi) is 4.60. The molecule has 19 heavy (non-hydrogen) atoms. The van der Waals surface area contributed by atoms with Crippen molar-refractivity contribution in [3.05, 3.63) is 65.2 Å². The Bertz CT molecular complexity index is 528. The predicted molar refractivity (Wildman–Crippen MR) is 73.7 cm³/mol. The molecule has 3 nitrogen and oxygen atoms in total. The molecule has 0 bridgehead atoms. The molecule has 0 atom stereocenters. The van der Waals surface area contributed by atoms with Crippen LogP contribution in [0.25, 0.3) is 0 Å². The summed E-state index contributed by atoms with van der Waals surface area (Å²) in [5.41, 5.74) is 8.74. The van der Waals surface area contributed by atoms with Crippen molar-refractivity contribution in [3.8, 4) is 0 Å². The lowest BCUT2D eigenvalue weighted by Gasteiger charge is -2.18. The molecule has 0 unspecified atom stereocenters. The number of pyridine rings is 1. The predicted octanol–water partition coefficient (Wildman–Crippen LogP) is 2.31. The number of aromatic nitrogens is 1. The summed E-state index contributed by atoms with van der Waals surface area (Å²) < 4.78 is 13.3. The number of nitrogens with zero attached hydrogens (tertiary/aromatic N) is 2. The second kappa shape index (κ2) is 6.41. The van der Waals surface area contributed by atoms with Crippen molar-refractivity contribution in [2.45, 2.75) is 19.6 Å². The van der Waals surface area contributed by atoms with Crippen LogP contribution in [0.2, 0.25) is 0 Å². The molecular weight excluding hydrogens is 241 g/mol. The smallest absolute Gasteiger partial charge is 0.123 e. The molecule has 0 radical (unpaired) electrons. The van der Waals surface area contributed by atoms with Crippen molar-refractivity contribution < 1.29 is 4.39 Å². The zero-order chi connectivity index (χ0) is 13.7. The lowest BCUT2D eigenvalue weighted by molar-refractivity contribution is 0.317. The van der Waals surface area contributed by atoms with Crippen LogP contribution in [-0.2, 0) is 19.6 Å². The summed E-state index contributed by atoms with van der Waals surface area (Å²) in [6, 6.07) is 8.70. The van der Waals surface area contributed by atoms with Gasteiger partial charge in [0.05, 0.1) is 0 Å². The van der Waals surface area contributed by atoms with Crippen molar-refractivity contribution in [3.63, 3.8) is 0 Å². The normalized spacial score (nSPS) is 10.9. The minimum atomic E-state index is -0.220. The zero-order valence-corrected chi connectivity index (χ0v) is 11.0. The fourth-order valence-corrected chi connectivity index (χ4v) is 2.09. The van der Waals surface area contributed by atoms with Gasteiger partial charge in [-0.15, -0.1) is 0 Å². The quantitative estimate of drug-likeness (QED) is 0.896. The maximum atomic E-state index is 13.3. The summed E-state index contributed by atoms with van der Waals surface area (Å²) in [4.78, 5) is 6.20. The largest absolute Gasteiger partial charge is 0.326 e. The van der Waals surface area contributed by atoms with E-state index in [1.807, 2.05) is 25.4 Å². The lowest BCUT2D eigenvalue weighted by Crippen LogP contribution is -2.19. The Morgan fingerprint density at radius 3 is 2.74 bits per heavy atom. The van der Waals surface area contributed by atoms with E-state index in [9.17, 15) is 4.39 Å². The lowest BCUT2D eigenvalue weighted by atomic mass is 10.1. The Balaban J connectivity index is 2.06. The minimum absolute atomic E-state index is 0.220. The SMILES string of the molecule is CN(Cc1cccnc1)Cc1cc(F)ccc1CN. The van der Waals surface area contributed by atoms with E-state index < -0.39 is 0 Å². The van der Waals surface area contributed by atoms with Crippen LogP contribution in [0.4, 0.5) is 4.39 Å². The summed E-state index contributed by atoms with van der Waals surface area (Å²) >= 11 is 0. The zero-order valence-electron chi connectivity index (χ0n) is 11.0. The van der Waals surface area contributed by atoms with Gasteiger partial charge in [-0.25, -0.2) is 4.39 Å². The molecule has 1 heterocycles. The van der Waals surface area contributed by atoms with Crippen LogP contribution < -0.4 is 5.73 Å². The maximum Gasteiger partial charge on any atom is 0.123 e. The van der Waals surface area contributed by atoms with Crippen LogP contribution >= 0.6 is 0 Å². The summed E-state index contributed by atoms with van der Waals surface area (Å²) in [6.45, 7) is 1.86. The molecule has 2 N–H and O–H groups in total. The molecule has 0 saturated heterocycles. The van der Waals surface area contributed by atoms with Gasteiger partial charge in [0.2, 0.25) is 0 Å². The van der Waals surface area contributed by atoms with Crippen LogP contribution in [0.1, 0.15) is 16.7 Å². The minimum Gasteiger partial charge on any atom is -0.326 e. The van der Waals surface area contributed by atoms with E-state index in [4.69, 9.17) is 5.73 Å². The van der Waals surface area contributed by atoms with Crippen molar-refractivity contribution in [2.24, 2.45) is 5.73 Å². The Morgan fingerprint density at radius 2 is 2.05 bits per heavy atom. The number of benzene rings is 1. The van der Waals surface area contributed by atoms with Crippen molar-refractivity contribution in [1.29, 1.82) is 0 Å². The highest BCUT2D eigenvalue weighted by atomic mass is 19.1. The van der Waals surface area contributed by atoms with E-state index >= 15 is 0 Å². The summed E-state index contributed by atoms with van der Waals surface area (Å²) in [7, 11) is 2.00. The fraction of sp³-hybridized carbons (Fsp3) is 0.267. The first kappa shape index (κ1) is 13.6.